The normalized spacial score (nSPS) is 14.1. The van der Waals surface area contributed by atoms with Crippen LogP contribution in [0, 0.1) is 0 Å². The van der Waals surface area contributed by atoms with Gasteiger partial charge in [-0.15, -0.1) is 0 Å². The van der Waals surface area contributed by atoms with Crippen molar-refractivity contribution in [3.8, 4) is 11.1 Å². The van der Waals surface area contributed by atoms with Gasteiger partial charge in [0.2, 0.25) is 0 Å². The lowest BCUT2D eigenvalue weighted by Gasteiger charge is -2.16. The Morgan fingerprint density at radius 2 is 1.18 bits per heavy atom. The Morgan fingerprint density at radius 3 is 2.00 bits per heavy atom. The van der Waals surface area contributed by atoms with Crippen LogP contribution >= 0.6 is 18.9 Å². The molecule has 4 heteroatoms. The number of furan rings is 1. The molecule has 3 nitrogen and oxygen atoms in total. The molecule has 0 fully saturated rings. The van der Waals surface area contributed by atoms with Gasteiger partial charge in [0.15, 0.2) is 5.84 Å². The number of benzene rings is 5. The molecule has 0 bridgehead atoms. The SMILES string of the molecule is C=I1=C(c2ccccc2)N=C(c2cccc(-c3cccc4c3oc3ccccc34)c2)N=C1c1ccccc1. The highest BCUT2D eigenvalue weighted by Gasteiger charge is 2.18. The van der Waals surface area contributed by atoms with E-state index in [9.17, 15) is 0 Å². The Bertz CT molecular complexity index is 1980. The highest BCUT2D eigenvalue weighted by molar-refractivity contribution is 14.2. The molecule has 6 aromatic rings. The summed E-state index contributed by atoms with van der Waals surface area (Å²) in [6, 6.07) is 43.8. The van der Waals surface area contributed by atoms with E-state index in [1.165, 1.54) is 0 Å². The Morgan fingerprint density at radius 1 is 0.553 bits per heavy atom. The molecule has 0 saturated heterocycles. The van der Waals surface area contributed by atoms with Crippen LogP contribution in [0.3, 0.4) is 0 Å². The number of fused-ring (bicyclic) bond motifs is 3. The largest absolute Gasteiger partial charge is 0.455 e. The van der Waals surface area contributed by atoms with Crippen LogP contribution in [-0.4, -0.2) is 17.7 Å². The lowest BCUT2D eigenvalue weighted by Crippen LogP contribution is -2.12. The van der Waals surface area contributed by atoms with Crippen molar-refractivity contribution in [2.45, 2.75) is 0 Å². The Hall–Kier alpha value is -4.29. The van der Waals surface area contributed by atoms with E-state index in [1.54, 1.807) is 0 Å². The molecule has 7 rings (SSSR count). The van der Waals surface area contributed by atoms with E-state index in [0.717, 1.165) is 62.9 Å². The van der Waals surface area contributed by atoms with Gasteiger partial charge in [0.25, 0.3) is 0 Å². The van der Waals surface area contributed by atoms with Crippen LogP contribution in [0.25, 0.3) is 33.1 Å². The van der Waals surface area contributed by atoms with Crippen molar-refractivity contribution in [2.75, 3.05) is 0 Å². The molecule has 0 amide bonds. The van der Waals surface area contributed by atoms with E-state index in [1.807, 2.05) is 24.3 Å². The smallest absolute Gasteiger partial charge is 0.161 e. The zero-order chi connectivity index (χ0) is 25.5. The monoisotopic (exact) mass is 602 g/mol. The van der Waals surface area contributed by atoms with Crippen LogP contribution in [0.5, 0.6) is 0 Å². The molecule has 0 aliphatic carbocycles. The van der Waals surface area contributed by atoms with Crippen LogP contribution in [0.15, 0.2) is 142 Å². The molecule has 1 aliphatic heterocycles. The third-order valence-electron chi connectivity index (χ3n) is 6.70. The molecule has 182 valence electrons. The second kappa shape index (κ2) is 9.54. The average Bonchev–Trinajstić information content (AvgIpc) is 3.37. The fourth-order valence-electron chi connectivity index (χ4n) is 4.87. The molecule has 1 aromatic heterocycles. The number of hydrogen-bond donors (Lipinski definition) is 0. The predicted molar refractivity (Wildman–Crippen MR) is 170 cm³/mol. The second-order valence-electron chi connectivity index (χ2n) is 9.08. The average molecular weight is 602 g/mol. The van der Waals surface area contributed by atoms with Gasteiger partial charge in [-0.25, -0.2) is 9.98 Å². The lowest BCUT2D eigenvalue weighted by molar-refractivity contribution is 0.670. The summed E-state index contributed by atoms with van der Waals surface area (Å²) in [6.07, 6.45) is 0. The topological polar surface area (TPSA) is 37.9 Å². The molecule has 2 heterocycles. The molecule has 0 unspecified atom stereocenters. The standard InChI is InChI=1S/C34H23IN2O/c1-35-32(23-12-4-2-5-13-23)36-34(37-33(35)24-14-6-3-7-15-24)26-17-10-16-25(22-26)27-19-11-20-29-28-18-8-9-21-30(28)38-31(27)29/h2-22H,1H2. The van der Waals surface area contributed by atoms with Crippen molar-refractivity contribution in [1.29, 1.82) is 0 Å². The summed E-state index contributed by atoms with van der Waals surface area (Å²) >= 11 is -2.06. The molecule has 0 radical (unpaired) electrons. The molecular weight excluding hydrogens is 579 g/mol. The van der Waals surface area contributed by atoms with Gasteiger partial charge in [-0.3, -0.25) is 0 Å². The van der Waals surface area contributed by atoms with Crippen LogP contribution in [-0.2, 0) is 0 Å². The first-order valence-electron chi connectivity index (χ1n) is 12.4. The molecule has 0 saturated carbocycles. The minimum Gasteiger partial charge on any atom is -0.455 e. The van der Waals surface area contributed by atoms with Gasteiger partial charge in [-0.1, -0.05) is 139 Å². The van der Waals surface area contributed by atoms with Crippen molar-refractivity contribution in [3.05, 3.63) is 144 Å². The van der Waals surface area contributed by atoms with Gasteiger partial charge in [0, 0.05) is 33.0 Å². The van der Waals surface area contributed by atoms with Crippen molar-refractivity contribution >= 4 is 58.5 Å². The number of aliphatic imine (C=N–C) groups is 2. The van der Waals surface area contributed by atoms with Gasteiger partial charge in [-0.2, -0.15) is 0 Å². The maximum atomic E-state index is 6.32. The van der Waals surface area contributed by atoms with E-state index < -0.39 is 18.9 Å². The third kappa shape index (κ3) is 3.98. The second-order valence-corrected chi connectivity index (χ2v) is 13.2. The maximum Gasteiger partial charge on any atom is 0.161 e. The summed E-state index contributed by atoms with van der Waals surface area (Å²) in [4.78, 5) is 10.3. The Labute approximate surface area is 227 Å². The van der Waals surface area contributed by atoms with E-state index in [-0.39, 0.29) is 0 Å². The molecule has 0 N–H and O–H groups in total. The van der Waals surface area contributed by atoms with E-state index in [2.05, 4.69) is 108 Å². The summed E-state index contributed by atoms with van der Waals surface area (Å²) < 4.78 is 13.1. The van der Waals surface area contributed by atoms with Crippen LogP contribution < -0.4 is 0 Å². The molecule has 0 spiro atoms. The van der Waals surface area contributed by atoms with Gasteiger partial charge < -0.3 is 4.42 Å². The van der Waals surface area contributed by atoms with E-state index >= 15 is 0 Å². The zero-order valence-corrected chi connectivity index (χ0v) is 22.7. The van der Waals surface area contributed by atoms with Crippen LogP contribution in [0.4, 0.5) is 0 Å². The quantitative estimate of drug-likeness (QED) is 0.186. The predicted octanol–water partition coefficient (Wildman–Crippen LogP) is 8.58. The summed E-state index contributed by atoms with van der Waals surface area (Å²) in [5.41, 5.74) is 7.14. The highest BCUT2D eigenvalue weighted by atomic mass is 127. The number of rotatable bonds is 4. The number of para-hydroxylation sites is 2. The van der Waals surface area contributed by atoms with Crippen molar-refractivity contribution in [3.63, 3.8) is 0 Å². The van der Waals surface area contributed by atoms with Crippen molar-refractivity contribution < 1.29 is 4.42 Å². The van der Waals surface area contributed by atoms with E-state index in [0.29, 0.717) is 0 Å². The lowest BCUT2D eigenvalue weighted by atomic mass is 10.00. The fourth-order valence-corrected chi connectivity index (χ4v) is 8.62. The molecule has 38 heavy (non-hydrogen) atoms. The van der Waals surface area contributed by atoms with Crippen LogP contribution in [0.1, 0.15) is 16.7 Å². The van der Waals surface area contributed by atoms with Gasteiger partial charge in [-0.05, 0) is 17.7 Å². The number of nitrogens with zero attached hydrogens (tertiary/aromatic N) is 2. The van der Waals surface area contributed by atoms with Gasteiger partial charge >= 0.3 is 0 Å². The first-order valence-corrected chi connectivity index (χ1v) is 16.1. The number of halogens is 1. The van der Waals surface area contributed by atoms with E-state index in [4.69, 9.17) is 14.4 Å². The first kappa shape index (κ1) is 22.9. The minimum atomic E-state index is -2.06. The number of amidine groups is 1. The Kier molecular flexibility index (Phi) is 5.74. The minimum absolute atomic E-state index is 0.721. The van der Waals surface area contributed by atoms with Gasteiger partial charge in [0.05, 0.1) is 0 Å². The van der Waals surface area contributed by atoms with Crippen molar-refractivity contribution in [1.82, 2.24) is 0 Å². The van der Waals surface area contributed by atoms with Crippen molar-refractivity contribution in [2.24, 2.45) is 9.98 Å². The molecule has 5 aromatic carbocycles. The van der Waals surface area contributed by atoms with Crippen LogP contribution in [0.2, 0.25) is 0 Å². The molecule has 1 aliphatic rings. The fraction of sp³-hybridized carbons (Fsp3) is 0. The zero-order valence-electron chi connectivity index (χ0n) is 20.5. The number of hydrogen-bond acceptors (Lipinski definition) is 3. The maximum absolute atomic E-state index is 6.32. The molecule has 0 atom stereocenters. The van der Waals surface area contributed by atoms with Gasteiger partial charge in [0.1, 0.15) is 18.5 Å². The molecular formula is C34H23IN2O. The summed E-state index contributed by atoms with van der Waals surface area (Å²) in [7, 11) is 0. The summed E-state index contributed by atoms with van der Waals surface area (Å²) in [5.74, 6) is 0.721. The highest BCUT2D eigenvalue weighted by Crippen LogP contribution is 2.36. The Balaban J connectivity index is 1.40. The third-order valence-corrected chi connectivity index (χ3v) is 10.9. The first-order chi connectivity index (χ1) is 18.8. The summed E-state index contributed by atoms with van der Waals surface area (Å²) in [5, 5.41) is 2.25. The summed E-state index contributed by atoms with van der Waals surface area (Å²) in [6.45, 7) is 0.